The fourth-order valence-corrected chi connectivity index (χ4v) is 6.22. The monoisotopic (exact) mass is 566 g/mol. The number of anilines is 1. The quantitative estimate of drug-likeness (QED) is 0.262. The summed E-state index contributed by atoms with van der Waals surface area (Å²) >= 11 is 0. The van der Waals surface area contributed by atoms with Gasteiger partial charge in [-0.25, -0.2) is 0 Å². The highest BCUT2D eigenvalue weighted by atomic mass is 16.7. The third kappa shape index (κ3) is 5.87. The van der Waals surface area contributed by atoms with Crippen LogP contribution in [0.2, 0.25) is 0 Å². The second kappa shape index (κ2) is 12.5. The number of nitrogens with zero attached hydrogens (tertiary/aromatic N) is 1. The lowest BCUT2D eigenvalue weighted by atomic mass is 9.82. The van der Waals surface area contributed by atoms with Crippen LogP contribution in [-0.4, -0.2) is 43.4 Å². The maximum absolute atomic E-state index is 9.66. The fourth-order valence-electron chi connectivity index (χ4n) is 6.22. The number of benzene rings is 4. The number of nitrogen functional groups attached to an aromatic ring is 1. The first kappa shape index (κ1) is 28.2. The lowest BCUT2D eigenvalue weighted by Crippen LogP contribution is -2.45. The van der Waals surface area contributed by atoms with Gasteiger partial charge in [-0.05, 0) is 58.5 Å². The van der Waals surface area contributed by atoms with Crippen LogP contribution in [0.5, 0.6) is 11.5 Å². The molecule has 0 spiro atoms. The van der Waals surface area contributed by atoms with Gasteiger partial charge >= 0.3 is 0 Å². The molecule has 0 bridgehead atoms. The van der Waals surface area contributed by atoms with Gasteiger partial charge in [0.15, 0.2) is 17.8 Å². The maximum atomic E-state index is 9.66. The van der Waals surface area contributed by atoms with Gasteiger partial charge in [0.1, 0.15) is 0 Å². The van der Waals surface area contributed by atoms with E-state index in [9.17, 15) is 5.11 Å². The second-order valence-electron chi connectivity index (χ2n) is 11.0. The van der Waals surface area contributed by atoms with E-state index >= 15 is 0 Å². The van der Waals surface area contributed by atoms with E-state index in [1.54, 1.807) is 14.2 Å². The van der Waals surface area contributed by atoms with Crippen molar-refractivity contribution in [3.05, 3.63) is 124 Å². The van der Waals surface area contributed by atoms with Crippen molar-refractivity contribution in [2.75, 3.05) is 33.0 Å². The molecular formula is C35H38N2O5. The van der Waals surface area contributed by atoms with Crippen molar-refractivity contribution in [3.63, 3.8) is 0 Å². The van der Waals surface area contributed by atoms with Gasteiger partial charge in [0.25, 0.3) is 0 Å². The Bertz CT molecular complexity index is 1490. The van der Waals surface area contributed by atoms with Gasteiger partial charge in [0, 0.05) is 36.8 Å². The summed E-state index contributed by atoms with van der Waals surface area (Å²) in [6.45, 7) is 2.42. The summed E-state index contributed by atoms with van der Waals surface area (Å²) in [6, 6.07) is 30.5. The first-order valence-corrected chi connectivity index (χ1v) is 14.4. The molecule has 1 saturated heterocycles. The van der Waals surface area contributed by atoms with E-state index in [0.717, 1.165) is 59.8 Å². The Labute approximate surface area is 247 Å². The van der Waals surface area contributed by atoms with Crippen molar-refractivity contribution in [1.82, 2.24) is 4.90 Å². The summed E-state index contributed by atoms with van der Waals surface area (Å²) in [6.07, 6.45) is -0.106. The highest BCUT2D eigenvalue weighted by Crippen LogP contribution is 2.47. The first-order valence-electron chi connectivity index (χ1n) is 14.4. The van der Waals surface area contributed by atoms with Crippen molar-refractivity contribution in [2.45, 2.75) is 44.0 Å². The molecule has 4 aromatic carbocycles. The van der Waals surface area contributed by atoms with E-state index in [1.165, 1.54) is 11.1 Å². The predicted molar refractivity (Wildman–Crippen MR) is 162 cm³/mol. The van der Waals surface area contributed by atoms with Gasteiger partial charge in [-0.3, -0.25) is 4.90 Å². The van der Waals surface area contributed by atoms with Crippen molar-refractivity contribution < 1.29 is 24.1 Å². The molecule has 4 atom stereocenters. The third-order valence-corrected chi connectivity index (χ3v) is 8.39. The molecule has 218 valence electrons. The maximum Gasteiger partial charge on any atom is 0.185 e. The van der Waals surface area contributed by atoms with Gasteiger partial charge in [0.05, 0.1) is 33.0 Å². The topological polar surface area (TPSA) is 86.4 Å². The molecule has 3 N–H and O–H groups in total. The molecule has 42 heavy (non-hydrogen) atoms. The summed E-state index contributed by atoms with van der Waals surface area (Å²) in [5.74, 6) is 1.45. The second-order valence-corrected chi connectivity index (χ2v) is 11.0. The van der Waals surface area contributed by atoms with Crippen LogP contribution in [-0.2, 0) is 29.0 Å². The van der Waals surface area contributed by atoms with E-state index < -0.39 is 6.29 Å². The summed E-state index contributed by atoms with van der Waals surface area (Å²) in [5.41, 5.74) is 13.3. The van der Waals surface area contributed by atoms with Crippen LogP contribution in [0.3, 0.4) is 0 Å². The largest absolute Gasteiger partial charge is 0.493 e. The number of nitrogens with two attached hydrogens (primary N) is 1. The highest BCUT2D eigenvalue weighted by molar-refractivity contribution is 5.48. The van der Waals surface area contributed by atoms with E-state index in [1.807, 2.05) is 42.5 Å². The minimum Gasteiger partial charge on any atom is -0.493 e. The number of fused-ring (bicyclic) bond motifs is 1. The van der Waals surface area contributed by atoms with Crippen LogP contribution in [0.15, 0.2) is 91.0 Å². The molecule has 2 aliphatic rings. The number of hydrogen-bond acceptors (Lipinski definition) is 7. The minimum atomic E-state index is -0.581. The molecule has 0 aromatic heterocycles. The smallest absolute Gasteiger partial charge is 0.185 e. The fraction of sp³-hybridized carbons (Fsp3) is 0.314. The number of aliphatic hydroxyl groups excluding tert-OH is 1. The minimum absolute atomic E-state index is 0.00132. The van der Waals surface area contributed by atoms with Crippen LogP contribution < -0.4 is 15.2 Å². The molecule has 0 amide bonds. The number of ether oxygens (including phenoxy) is 4. The van der Waals surface area contributed by atoms with Crippen molar-refractivity contribution in [3.8, 4) is 11.5 Å². The number of aliphatic hydroxyl groups is 1. The zero-order chi connectivity index (χ0) is 29.1. The van der Waals surface area contributed by atoms with Crippen LogP contribution in [0.4, 0.5) is 5.69 Å². The Balaban J connectivity index is 1.36. The van der Waals surface area contributed by atoms with E-state index in [0.29, 0.717) is 5.69 Å². The molecule has 0 radical (unpaired) electrons. The van der Waals surface area contributed by atoms with Gasteiger partial charge in [-0.1, -0.05) is 66.7 Å². The van der Waals surface area contributed by atoms with E-state index in [2.05, 4.69) is 53.4 Å². The molecule has 2 aliphatic heterocycles. The molecule has 0 saturated carbocycles. The molecule has 0 aliphatic carbocycles. The molecular weight excluding hydrogens is 528 g/mol. The number of rotatable bonds is 8. The Morgan fingerprint density at radius 2 is 1.52 bits per heavy atom. The van der Waals surface area contributed by atoms with Crippen molar-refractivity contribution in [2.24, 2.45) is 0 Å². The molecule has 6 rings (SSSR count). The van der Waals surface area contributed by atoms with Gasteiger partial charge in [-0.2, -0.15) is 0 Å². The molecule has 1 fully saturated rings. The number of hydrogen-bond donors (Lipinski definition) is 2. The summed E-state index contributed by atoms with van der Waals surface area (Å²) in [4.78, 5) is 2.46. The average Bonchev–Trinajstić information content (AvgIpc) is 3.04. The summed E-state index contributed by atoms with van der Waals surface area (Å²) < 4.78 is 24.8. The molecule has 4 aromatic rings. The summed E-state index contributed by atoms with van der Waals surface area (Å²) in [7, 11) is 3.35. The van der Waals surface area contributed by atoms with Crippen molar-refractivity contribution >= 4 is 5.69 Å². The van der Waals surface area contributed by atoms with Gasteiger partial charge in [-0.15, -0.1) is 0 Å². The summed E-state index contributed by atoms with van der Waals surface area (Å²) in [5, 5.41) is 9.66. The first-order chi connectivity index (χ1) is 20.6. The zero-order valence-corrected chi connectivity index (χ0v) is 24.1. The SMILES string of the molecule is COc1cc2c(cc1OC)CN(C[C@H]1OC(c3cccc(N)c3)O[C@@H](c3ccc(CO)cc3)[C@@H]1c1ccccc1)CC2. The molecule has 7 nitrogen and oxygen atoms in total. The Morgan fingerprint density at radius 3 is 2.21 bits per heavy atom. The van der Waals surface area contributed by atoms with E-state index in [-0.39, 0.29) is 24.7 Å². The Kier molecular flexibility index (Phi) is 8.44. The third-order valence-electron chi connectivity index (χ3n) is 8.39. The average molecular weight is 567 g/mol. The Morgan fingerprint density at radius 1 is 0.810 bits per heavy atom. The van der Waals surface area contributed by atoms with Crippen LogP contribution in [0, 0.1) is 0 Å². The standard InChI is InChI=1S/C35H38N2O5/c1-39-30-18-26-15-16-37(20-28(26)19-31(30)40-2)21-32-33(24-7-4-3-5-8-24)34(25-13-11-23(22-38)12-14-25)42-35(41-32)27-9-6-10-29(36)17-27/h3-14,17-19,32-35,38H,15-16,20-22,36H2,1-2H3/t32-,33-,34+,35?/m1/s1. The van der Waals surface area contributed by atoms with Crippen LogP contribution in [0.1, 0.15) is 51.7 Å². The molecule has 7 heteroatoms. The Hall–Kier alpha value is -3.88. The number of methoxy groups -OCH3 is 2. The zero-order valence-electron chi connectivity index (χ0n) is 24.1. The molecule has 2 heterocycles. The molecule has 1 unspecified atom stereocenters. The van der Waals surface area contributed by atoms with Gasteiger partial charge in [0.2, 0.25) is 0 Å². The highest BCUT2D eigenvalue weighted by Gasteiger charge is 2.42. The lowest BCUT2D eigenvalue weighted by Gasteiger charge is -2.45. The van der Waals surface area contributed by atoms with Gasteiger partial charge < -0.3 is 29.8 Å². The predicted octanol–water partition coefficient (Wildman–Crippen LogP) is 5.78. The van der Waals surface area contributed by atoms with Crippen LogP contribution in [0.25, 0.3) is 0 Å². The van der Waals surface area contributed by atoms with Crippen LogP contribution >= 0.6 is 0 Å². The normalized spacial score (nSPS) is 22.4. The lowest BCUT2D eigenvalue weighted by molar-refractivity contribution is -0.263. The van der Waals surface area contributed by atoms with Crippen molar-refractivity contribution in [1.29, 1.82) is 0 Å². The van der Waals surface area contributed by atoms with E-state index in [4.69, 9.17) is 24.7 Å².